The molecule has 2 nitrogen and oxygen atoms in total. The predicted molar refractivity (Wildman–Crippen MR) is 66.8 cm³/mol. The quantitative estimate of drug-likeness (QED) is 0.414. The molecule has 2 heteroatoms. The summed E-state index contributed by atoms with van der Waals surface area (Å²) >= 11 is 0. The second-order valence-corrected chi connectivity index (χ2v) is 4.96. The summed E-state index contributed by atoms with van der Waals surface area (Å²) in [5.74, 6) is 2.29. The highest BCUT2D eigenvalue weighted by Gasteiger charge is 2.27. The summed E-state index contributed by atoms with van der Waals surface area (Å²) in [7, 11) is 0. The number of hydrogen-bond donors (Lipinski definition) is 0. The monoisotopic (exact) mass is 222 g/mol. The van der Waals surface area contributed by atoms with Crippen LogP contribution in [0.1, 0.15) is 47.5 Å². The zero-order valence-electron chi connectivity index (χ0n) is 11.0. The molecule has 0 aromatic rings. The molecule has 0 radical (unpaired) electrons. The molecule has 0 N–H and O–H groups in total. The fourth-order valence-electron chi connectivity index (χ4n) is 1.24. The molecule has 0 saturated carbocycles. The van der Waals surface area contributed by atoms with E-state index in [1.807, 2.05) is 33.8 Å². The Bertz CT molecular complexity index is 300. The van der Waals surface area contributed by atoms with E-state index in [9.17, 15) is 4.79 Å². The van der Waals surface area contributed by atoms with E-state index in [0.29, 0.717) is 12.0 Å². The Morgan fingerprint density at radius 2 is 2.06 bits per heavy atom. The maximum atomic E-state index is 11.7. The Balaban J connectivity index is 4.60. The van der Waals surface area contributed by atoms with Crippen molar-refractivity contribution >= 4 is 5.97 Å². The van der Waals surface area contributed by atoms with Crippen LogP contribution in [0.15, 0.2) is 11.6 Å². The van der Waals surface area contributed by atoms with Gasteiger partial charge in [-0.1, -0.05) is 33.8 Å². The first-order chi connectivity index (χ1) is 7.32. The second-order valence-electron chi connectivity index (χ2n) is 4.96. The first-order valence-corrected chi connectivity index (χ1v) is 5.64. The summed E-state index contributed by atoms with van der Waals surface area (Å²) in [5.41, 5.74) is 0.517. The highest BCUT2D eigenvalue weighted by molar-refractivity contribution is 5.87. The first kappa shape index (κ1) is 14.8. The first-order valence-electron chi connectivity index (χ1n) is 5.64. The van der Waals surface area contributed by atoms with Crippen molar-refractivity contribution in [3.05, 3.63) is 11.6 Å². The van der Waals surface area contributed by atoms with Crippen LogP contribution < -0.4 is 0 Å². The van der Waals surface area contributed by atoms with Crippen molar-refractivity contribution in [1.82, 2.24) is 0 Å². The molecule has 0 aliphatic heterocycles. The molecule has 0 aliphatic rings. The third kappa shape index (κ3) is 5.02. The molecule has 0 aliphatic carbocycles. The lowest BCUT2D eigenvalue weighted by Crippen LogP contribution is -2.31. The Morgan fingerprint density at radius 3 is 2.44 bits per heavy atom. The third-order valence-corrected chi connectivity index (χ3v) is 2.35. The van der Waals surface area contributed by atoms with E-state index in [4.69, 9.17) is 11.2 Å². The SMILES string of the molecule is C#CCC(OC(=O)/C(C)=C/CC)C(C)(C)C. The maximum absolute atomic E-state index is 11.7. The summed E-state index contributed by atoms with van der Waals surface area (Å²) in [6, 6.07) is 0. The van der Waals surface area contributed by atoms with Crippen LogP contribution in [0.4, 0.5) is 0 Å². The summed E-state index contributed by atoms with van der Waals surface area (Å²) < 4.78 is 5.42. The van der Waals surface area contributed by atoms with E-state index in [2.05, 4.69) is 5.92 Å². The van der Waals surface area contributed by atoms with Gasteiger partial charge in [0.1, 0.15) is 6.10 Å². The molecule has 16 heavy (non-hydrogen) atoms. The van der Waals surface area contributed by atoms with Crippen molar-refractivity contribution < 1.29 is 9.53 Å². The van der Waals surface area contributed by atoms with Crippen LogP contribution in [-0.2, 0) is 9.53 Å². The van der Waals surface area contributed by atoms with Crippen molar-refractivity contribution in [1.29, 1.82) is 0 Å². The van der Waals surface area contributed by atoms with E-state index in [1.54, 1.807) is 6.92 Å². The van der Waals surface area contributed by atoms with Crippen LogP contribution in [0.2, 0.25) is 0 Å². The van der Waals surface area contributed by atoms with Crippen molar-refractivity contribution in [2.75, 3.05) is 0 Å². The molecule has 0 aromatic carbocycles. The number of esters is 1. The van der Waals surface area contributed by atoms with Crippen molar-refractivity contribution in [2.45, 2.75) is 53.6 Å². The highest BCUT2D eigenvalue weighted by Crippen LogP contribution is 2.25. The largest absolute Gasteiger partial charge is 0.457 e. The van der Waals surface area contributed by atoms with Crippen LogP contribution in [-0.4, -0.2) is 12.1 Å². The van der Waals surface area contributed by atoms with Gasteiger partial charge >= 0.3 is 5.97 Å². The summed E-state index contributed by atoms with van der Waals surface area (Å²) in [4.78, 5) is 11.7. The molecule has 0 rings (SSSR count). The molecule has 0 fully saturated rings. The van der Waals surface area contributed by atoms with Gasteiger partial charge < -0.3 is 4.74 Å². The van der Waals surface area contributed by atoms with Gasteiger partial charge in [0.05, 0.1) is 0 Å². The smallest absolute Gasteiger partial charge is 0.333 e. The van der Waals surface area contributed by atoms with Crippen LogP contribution in [0.3, 0.4) is 0 Å². The van der Waals surface area contributed by atoms with Crippen molar-refractivity contribution in [3.8, 4) is 12.3 Å². The Hall–Kier alpha value is -1.23. The molecule has 0 spiro atoms. The lowest BCUT2D eigenvalue weighted by atomic mass is 9.87. The minimum absolute atomic E-state index is 0.130. The normalized spacial score (nSPS) is 14.1. The average Bonchev–Trinajstić information content (AvgIpc) is 2.15. The number of terminal acetylenes is 1. The predicted octanol–water partition coefficient (Wildman–Crippen LogP) is 3.32. The molecule has 1 unspecified atom stereocenters. The van der Waals surface area contributed by atoms with Crippen LogP contribution in [0, 0.1) is 17.8 Å². The minimum atomic E-state index is -0.267. The van der Waals surface area contributed by atoms with Gasteiger partial charge in [-0.3, -0.25) is 0 Å². The van der Waals surface area contributed by atoms with Gasteiger partial charge in [-0.05, 0) is 18.8 Å². The standard InChI is InChI=1S/C14H22O2/c1-7-9-11(3)13(15)16-12(10-8-2)14(4,5)6/h2,9,12H,7,10H2,1,3-6H3/b11-9+. The second kappa shape index (κ2) is 6.37. The lowest BCUT2D eigenvalue weighted by Gasteiger charge is -2.29. The van der Waals surface area contributed by atoms with Crippen LogP contribution in [0.25, 0.3) is 0 Å². The zero-order chi connectivity index (χ0) is 12.8. The molecule has 1 atom stereocenters. The van der Waals surface area contributed by atoms with E-state index < -0.39 is 0 Å². The highest BCUT2D eigenvalue weighted by atomic mass is 16.5. The van der Waals surface area contributed by atoms with Gasteiger partial charge in [0.15, 0.2) is 0 Å². The third-order valence-electron chi connectivity index (χ3n) is 2.35. The number of ether oxygens (including phenoxy) is 1. The molecular formula is C14H22O2. The van der Waals surface area contributed by atoms with Gasteiger partial charge in [-0.15, -0.1) is 12.3 Å². The molecule has 0 heterocycles. The number of rotatable bonds is 4. The molecule has 90 valence electrons. The summed E-state index contributed by atoms with van der Waals surface area (Å²) in [6.07, 6.45) is 8.19. The van der Waals surface area contributed by atoms with Gasteiger partial charge in [-0.2, -0.15) is 0 Å². The van der Waals surface area contributed by atoms with E-state index >= 15 is 0 Å². The summed E-state index contributed by atoms with van der Waals surface area (Å²) in [5, 5.41) is 0. The zero-order valence-corrected chi connectivity index (χ0v) is 11.0. The molecule has 0 amide bonds. The van der Waals surface area contributed by atoms with Gasteiger partial charge in [0.25, 0.3) is 0 Å². The Labute approximate surface area is 99.1 Å². The molecule has 0 saturated heterocycles. The summed E-state index contributed by atoms with van der Waals surface area (Å²) in [6.45, 7) is 9.80. The van der Waals surface area contributed by atoms with E-state index in [0.717, 1.165) is 6.42 Å². The number of carbonyl (C=O) groups excluding carboxylic acids is 1. The van der Waals surface area contributed by atoms with E-state index in [-0.39, 0.29) is 17.5 Å². The van der Waals surface area contributed by atoms with E-state index in [1.165, 1.54) is 0 Å². The van der Waals surface area contributed by atoms with Crippen molar-refractivity contribution in [2.24, 2.45) is 5.41 Å². The lowest BCUT2D eigenvalue weighted by molar-refractivity contribution is -0.149. The molecular weight excluding hydrogens is 200 g/mol. The fraction of sp³-hybridized carbons (Fsp3) is 0.643. The van der Waals surface area contributed by atoms with Crippen LogP contribution in [0.5, 0.6) is 0 Å². The van der Waals surface area contributed by atoms with Crippen molar-refractivity contribution in [3.63, 3.8) is 0 Å². The maximum Gasteiger partial charge on any atom is 0.333 e. The van der Waals surface area contributed by atoms with Gasteiger partial charge in [-0.25, -0.2) is 4.79 Å². The number of hydrogen-bond acceptors (Lipinski definition) is 2. The minimum Gasteiger partial charge on any atom is -0.457 e. The average molecular weight is 222 g/mol. The number of allylic oxidation sites excluding steroid dienone is 1. The Kier molecular flexibility index (Phi) is 5.88. The molecule has 0 bridgehead atoms. The van der Waals surface area contributed by atoms with Gasteiger partial charge in [0.2, 0.25) is 0 Å². The molecule has 0 aromatic heterocycles. The number of carbonyl (C=O) groups is 1. The topological polar surface area (TPSA) is 26.3 Å². The van der Waals surface area contributed by atoms with Crippen LogP contribution >= 0.6 is 0 Å². The fourth-order valence-corrected chi connectivity index (χ4v) is 1.24. The Morgan fingerprint density at radius 1 is 1.50 bits per heavy atom. The van der Waals surface area contributed by atoms with Gasteiger partial charge in [0, 0.05) is 12.0 Å².